The molecule has 0 radical (unpaired) electrons. The number of nitrogens with zero attached hydrogens (tertiary/aromatic N) is 4. The van der Waals surface area contributed by atoms with Crippen molar-refractivity contribution in [1.82, 2.24) is 4.90 Å². The summed E-state index contributed by atoms with van der Waals surface area (Å²) in [7, 11) is 0. The largest absolute Gasteiger partial charge is 0.337 e. The number of ketones is 1. The van der Waals surface area contributed by atoms with Gasteiger partial charge in [-0.05, 0) is 31.4 Å². The average molecular weight is 354 g/mol. The molecule has 0 aliphatic carbocycles. The Labute approximate surface area is 155 Å². The number of Topliss-reactive ketones (excluding diaryl/α,β-unsaturated/α-hetero) is 1. The van der Waals surface area contributed by atoms with E-state index in [9.17, 15) is 9.59 Å². The van der Waals surface area contributed by atoms with E-state index in [2.05, 4.69) is 25.0 Å². The van der Waals surface area contributed by atoms with Crippen molar-refractivity contribution >= 4 is 23.1 Å². The Morgan fingerprint density at radius 2 is 2.00 bits per heavy atom. The summed E-state index contributed by atoms with van der Waals surface area (Å²) in [5.74, 6) is 0.264. The number of nitriles is 1. The van der Waals surface area contributed by atoms with Gasteiger partial charge in [-0.1, -0.05) is 32.0 Å². The van der Waals surface area contributed by atoms with E-state index in [1.807, 2.05) is 30.3 Å². The van der Waals surface area contributed by atoms with Gasteiger partial charge in [0.15, 0.2) is 5.78 Å². The lowest BCUT2D eigenvalue weighted by Gasteiger charge is -2.22. The number of rotatable bonds is 8. The van der Waals surface area contributed by atoms with Gasteiger partial charge in [0.05, 0.1) is 18.2 Å². The second-order valence-electron chi connectivity index (χ2n) is 6.94. The first kappa shape index (κ1) is 19.6. The van der Waals surface area contributed by atoms with E-state index in [0.717, 1.165) is 12.1 Å². The van der Waals surface area contributed by atoms with Gasteiger partial charge in [-0.15, -0.1) is 0 Å². The first-order valence-electron chi connectivity index (χ1n) is 9.02. The van der Waals surface area contributed by atoms with E-state index in [-0.39, 0.29) is 18.1 Å². The highest BCUT2D eigenvalue weighted by molar-refractivity contribution is 6.40. The van der Waals surface area contributed by atoms with Crippen LogP contribution in [0.15, 0.2) is 35.4 Å². The summed E-state index contributed by atoms with van der Waals surface area (Å²) in [6, 6.07) is 11.0. The number of carbonyl (C=O) groups is 2. The van der Waals surface area contributed by atoms with E-state index >= 15 is 0 Å². The number of amides is 1. The highest BCUT2D eigenvalue weighted by atomic mass is 16.2. The zero-order valence-electron chi connectivity index (χ0n) is 15.7. The van der Waals surface area contributed by atoms with Crippen LogP contribution >= 0.6 is 0 Å². The van der Waals surface area contributed by atoms with Crippen molar-refractivity contribution in [3.05, 3.63) is 30.3 Å². The predicted octanol–water partition coefficient (Wildman–Crippen LogP) is 3.00. The molecule has 0 N–H and O–H groups in total. The minimum absolute atomic E-state index is 0.0221. The van der Waals surface area contributed by atoms with Crippen LogP contribution in [-0.2, 0) is 9.59 Å². The molecule has 0 aromatic heterocycles. The molecule has 1 amide bonds. The van der Waals surface area contributed by atoms with Crippen LogP contribution in [0, 0.1) is 17.2 Å². The third kappa shape index (κ3) is 4.92. The molecule has 138 valence electrons. The smallest absolute Gasteiger partial charge is 0.270 e. The number of anilines is 1. The summed E-state index contributed by atoms with van der Waals surface area (Å²) in [4.78, 5) is 26.7. The van der Waals surface area contributed by atoms with Crippen molar-refractivity contribution in [2.24, 2.45) is 11.0 Å². The number of hydrogen-bond acceptors (Lipinski definition) is 5. The molecule has 6 nitrogen and oxygen atoms in total. The lowest BCUT2D eigenvalue weighted by Crippen LogP contribution is -2.38. The van der Waals surface area contributed by atoms with Gasteiger partial charge < -0.3 is 4.90 Å². The monoisotopic (exact) mass is 354 g/mol. The van der Waals surface area contributed by atoms with Crippen molar-refractivity contribution in [1.29, 1.82) is 5.26 Å². The fourth-order valence-corrected chi connectivity index (χ4v) is 2.87. The Hall–Kier alpha value is -2.68. The normalized spacial score (nSPS) is 16.3. The maximum atomic E-state index is 13.0. The molecule has 1 aliphatic heterocycles. The van der Waals surface area contributed by atoms with E-state index in [1.54, 1.807) is 9.91 Å². The van der Waals surface area contributed by atoms with Crippen molar-refractivity contribution in [3.63, 3.8) is 0 Å². The quantitative estimate of drug-likeness (QED) is 0.719. The lowest BCUT2D eigenvalue weighted by molar-refractivity contribution is -0.124. The summed E-state index contributed by atoms with van der Waals surface area (Å²) in [6.45, 7) is 6.70. The predicted molar refractivity (Wildman–Crippen MR) is 102 cm³/mol. The number of hydrogen-bond donors (Lipinski definition) is 0. The summed E-state index contributed by atoms with van der Waals surface area (Å²) in [6.07, 6.45) is 1.45. The number of carbonyl (C=O) groups excluding carboxylic acids is 2. The van der Waals surface area contributed by atoms with Crippen LogP contribution in [0.2, 0.25) is 0 Å². The molecule has 26 heavy (non-hydrogen) atoms. The molecule has 1 aliphatic rings. The van der Waals surface area contributed by atoms with E-state index in [4.69, 9.17) is 5.26 Å². The Bertz CT molecular complexity index is 706. The molecule has 0 saturated heterocycles. The highest BCUT2D eigenvalue weighted by Crippen LogP contribution is 2.25. The minimum Gasteiger partial charge on any atom is -0.337 e. The van der Waals surface area contributed by atoms with Crippen LogP contribution in [0.25, 0.3) is 0 Å². The third-order valence-corrected chi connectivity index (χ3v) is 4.40. The number of hydrazone groups is 1. The molecule has 1 aromatic carbocycles. The first-order chi connectivity index (χ1) is 12.4. The van der Waals surface area contributed by atoms with Gasteiger partial charge >= 0.3 is 0 Å². The molecule has 1 unspecified atom stereocenters. The van der Waals surface area contributed by atoms with Gasteiger partial charge in [-0.2, -0.15) is 10.4 Å². The van der Waals surface area contributed by atoms with Crippen LogP contribution in [0.4, 0.5) is 5.69 Å². The molecule has 1 heterocycles. The molecule has 0 bridgehead atoms. The fourth-order valence-electron chi connectivity index (χ4n) is 2.87. The van der Waals surface area contributed by atoms with Gasteiger partial charge in [-0.25, -0.2) is 0 Å². The van der Waals surface area contributed by atoms with Crippen molar-refractivity contribution in [3.8, 4) is 6.07 Å². The molecule has 1 aromatic rings. The van der Waals surface area contributed by atoms with Gasteiger partial charge in [0.1, 0.15) is 11.8 Å². The standard InChI is InChI=1S/C20H26N4O2/c1-15(2)10-13-23(12-7-11-21)20(26)18-14-19(16(3)25)24(22-18)17-8-5-4-6-9-17/h4-6,8-9,15,19H,7,10,12-14H2,1-3H3. The molecular weight excluding hydrogens is 328 g/mol. The number of para-hydroxylation sites is 1. The molecular formula is C20H26N4O2. The summed E-state index contributed by atoms with van der Waals surface area (Å²) in [5, 5.41) is 15.0. The van der Waals surface area contributed by atoms with Gasteiger partial charge in [0.2, 0.25) is 0 Å². The number of benzene rings is 1. The second-order valence-corrected chi connectivity index (χ2v) is 6.94. The van der Waals surface area contributed by atoms with E-state index in [1.165, 1.54) is 6.92 Å². The zero-order chi connectivity index (χ0) is 19.1. The van der Waals surface area contributed by atoms with Gasteiger partial charge in [0.25, 0.3) is 5.91 Å². The Balaban J connectivity index is 2.22. The molecule has 1 atom stereocenters. The van der Waals surface area contributed by atoms with E-state index in [0.29, 0.717) is 31.1 Å². The maximum Gasteiger partial charge on any atom is 0.270 e. The maximum absolute atomic E-state index is 13.0. The topological polar surface area (TPSA) is 76.8 Å². The molecule has 2 rings (SSSR count). The highest BCUT2D eigenvalue weighted by Gasteiger charge is 2.35. The average Bonchev–Trinajstić information content (AvgIpc) is 3.07. The Morgan fingerprint density at radius 3 is 2.58 bits per heavy atom. The van der Waals surface area contributed by atoms with Gasteiger partial charge in [0, 0.05) is 19.5 Å². The van der Waals surface area contributed by atoms with Crippen molar-refractivity contribution in [2.45, 2.75) is 46.1 Å². The zero-order valence-corrected chi connectivity index (χ0v) is 15.7. The second kappa shape index (κ2) is 9.14. The van der Waals surface area contributed by atoms with Crippen LogP contribution in [0.3, 0.4) is 0 Å². The third-order valence-electron chi connectivity index (χ3n) is 4.40. The molecule has 0 saturated carbocycles. The van der Waals surface area contributed by atoms with Gasteiger partial charge in [-0.3, -0.25) is 14.6 Å². The molecule has 0 spiro atoms. The van der Waals surface area contributed by atoms with Crippen molar-refractivity contribution in [2.75, 3.05) is 18.1 Å². The van der Waals surface area contributed by atoms with Crippen LogP contribution < -0.4 is 5.01 Å². The van der Waals surface area contributed by atoms with E-state index < -0.39 is 6.04 Å². The lowest BCUT2D eigenvalue weighted by atomic mass is 10.1. The van der Waals surface area contributed by atoms with Crippen LogP contribution in [-0.4, -0.2) is 41.4 Å². The Kier molecular flexibility index (Phi) is 6.90. The molecule has 6 heteroatoms. The molecule has 0 fully saturated rings. The van der Waals surface area contributed by atoms with Crippen LogP contribution in [0.5, 0.6) is 0 Å². The minimum atomic E-state index is -0.459. The summed E-state index contributed by atoms with van der Waals surface area (Å²) >= 11 is 0. The first-order valence-corrected chi connectivity index (χ1v) is 9.02. The SMILES string of the molecule is CC(=O)C1CC(C(=O)N(CCC#N)CCC(C)C)=NN1c1ccccc1. The summed E-state index contributed by atoms with van der Waals surface area (Å²) < 4.78 is 0. The Morgan fingerprint density at radius 1 is 1.31 bits per heavy atom. The summed E-state index contributed by atoms with van der Waals surface area (Å²) in [5.41, 5.74) is 1.18. The van der Waals surface area contributed by atoms with Crippen LogP contribution in [0.1, 0.15) is 40.0 Å². The fraction of sp³-hybridized carbons (Fsp3) is 0.500. The van der Waals surface area contributed by atoms with Crippen molar-refractivity contribution < 1.29 is 9.59 Å².